The fourth-order valence-corrected chi connectivity index (χ4v) is 2.23. The van der Waals surface area contributed by atoms with Crippen molar-refractivity contribution in [1.29, 1.82) is 0 Å². The predicted molar refractivity (Wildman–Crippen MR) is 72.1 cm³/mol. The molecule has 7 nitrogen and oxygen atoms in total. The minimum absolute atomic E-state index is 0.0500. The van der Waals surface area contributed by atoms with Gasteiger partial charge in [-0.1, -0.05) is 11.6 Å². The first-order chi connectivity index (χ1) is 9.34. The summed E-state index contributed by atoms with van der Waals surface area (Å²) in [6.45, 7) is 1.75. The maximum atomic E-state index is 11.3. The van der Waals surface area contributed by atoms with Gasteiger partial charge >= 0.3 is 5.97 Å². The van der Waals surface area contributed by atoms with Gasteiger partial charge in [0.15, 0.2) is 0 Å². The summed E-state index contributed by atoms with van der Waals surface area (Å²) in [5.74, 6) is -1.02. The number of nitrogens with one attached hydrogen (secondary N) is 1. The second-order valence-corrected chi connectivity index (χ2v) is 5.29. The number of anilines is 1. The van der Waals surface area contributed by atoms with E-state index in [2.05, 4.69) is 5.32 Å². The summed E-state index contributed by atoms with van der Waals surface area (Å²) in [6, 6.07) is 3.52. The van der Waals surface area contributed by atoms with Crippen LogP contribution < -0.4 is 5.32 Å². The molecule has 0 bridgehead atoms. The number of nitro groups is 1. The number of nitro benzene ring substituents is 1. The number of hydrogen-bond donors (Lipinski definition) is 2. The molecule has 2 atom stereocenters. The van der Waals surface area contributed by atoms with E-state index in [1.165, 1.54) is 25.1 Å². The molecule has 1 heterocycles. The molecular weight excluding hydrogens is 288 g/mol. The highest BCUT2D eigenvalue weighted by Gasteiger charge is 2.47. The Morgan fingerprint density at radius 1 is 1.65 bits per heavy atom. The van der Waals surface area contributed by atoms with E-state index in [9.17, 15) is 20.0 Å². The van der Waals surface area contributed by atoms with Gasteiger partial charge in [0, 0.05) is 11.1 Å². The van der Waals surface area contributed by atoms with Crippen molar-refractivity contribution in [2.45, 2.75) is 13.0 Å². The average Bonchev–Trinajstić information content (AvgIpc) is 2.72. The first kappa shape index (κ1) is 14.5. The van der Waals surface area contributed by atoms with Crippen LogP contribution in [0.25, 0.3) is 0 Å². The Kier molecular flexibility index (Phi) is 3.82. The summed E-state index contributed by atoms with van der Waals surface area (Å²) >= 11 is 5.83. The number of aliphatic carboxylic acids is 1. The molecule has 0 aliphatic carbocycles. The van der Waals surface area contributed by atoms with Crippen LogP contribution in [0.15, 0.2) is 18.2 Å². The maximum Gasteiger partial charge on any atom is 0.313 e. The molecule has 0 radical (unpaired) electrons. The molecule has 0 spiro atoms. The van der Waals surface area contributed by atoms with Gasteiger partial charge in [-0.15, -0.1) is 0 Å². The zero-order chi connectivity index (χ0) is 14.9. The topological polar surface area (TPSA) is 102 Å². The number of hydrogen-bond acceptors (Lipinski definition) is 5. The van der Waals surface area contributed by atoms with Gasteiger partial charge in [-0.05, 0) is 19.1 Å². The Labute approximate surface area is 119 Å². The van der Waals surface area contributed by atoms with Crippen molar-refractivity contribution in [1.82, 2.24) is 0 Å². The number of carbonyl (C=O) groups is 1. The summed E-state index contributed by atoms with van der Waals surface area (Å²) in [4.78, 5) is 21.8. The molecule has 1 fully saturated rings. The van der Waals surface area contributed by atoms with Crippen molar-refractivity contribution in [3.05, 3.63) is 33.3 Å². The van der Waals surface area contributed by atoms with Crippen LogP contribution in [0.4, 0.5) is 11.4 Å². The van der Waals surface area contributed by atoms with Crippen LogP contribution in [0, 0.1) is 15.5 Å². The first-order valence-electron chi connectivity index (χ1n) is 5.86. The van der Waals surface area contributed by atoms with E-state index < -0.39 is 22.3 Å². The molecule has 0 amide bonds. The van der Waals surface area contributed by atoms with Crippen molar-refractivity contribution in [3.8, 4) is 0 Å². The van der Waals surface area contributed by atoms with E-state index >= 15 is 0 Å². The van der Waals surface area contributed by atoms with Crippen LogP contribution in [-0.4, -0.2) is 35.3 Å². The van der Waals surface area contributed by atoms with Gasteiger partial charge < -0.3 is 15.2 Å². The third kappa shape index (κ3) is 2.54. The van der Waals surface area contributed by atoms with Crippen LogP contribution in [0.3, 0.4) is 0 Å². The fraction of sp³-hybridized carbons (Fsp3) is 0.417. The highest BCUT2D eigenvalue weighted by atomic mass is 35.5. The average molecular weight is 301 g/mol. The number of carboxylic acid groups (broad SMARTS) is 1. The highest BCUT2D eigenvalue weighted by Crippen LogP contribution is 2.35. The van der Waals surface area contributed by atoms with Gasteiger partial charge in [-0.3, -0.25) is 14.9 Å². The molecule has 0 aromatic heterocycles. The minimum atomic E-state index is -1.14. The van der Waals surface area contributed by atoms with E-state index in [1.807, 2.05) is 0 Å². The van der Waals surface area contributed by atoms with Gasteiger partial charge in [0.25, 0.3) is 5.69 Å². The van der Waals surface area contributed by atoms with E-state index in [-0.39, 0.29) is 24.6 Å². The normalized spacial score (nSPS) is 25.4. The molecule has 108 valence electrons. The lowest BCUT2D eigenvalue weighted by Gasteiger charge is -2.26. The van der Waals surface area contributed by atoms with E-state index in [0.29, 0.717) is 5.02 Å². The van der Waals surface area contributed by atoms with Crippen LogP contribution >= 0.6 is 11.6 Å². The molecule has 1 aromatic rings. The molecule has 8 heteroatoms. The third-order valence-corrected chi connectivity index (χ3v) is 3.66. The molecule has 2 rings (SSSR count). The first-order valence-corrected chi connectivity index (χ1v) is 6.24. The van der Waals surface area contributed by atoms with Gasteiger partial charge in [-0.2, -0.15) is 0 Å². The molecule has 0 saturated carbocycles. The third-order valence-electron chi connectivity index (χ3n) is 3.43. The van der Waals surface area contributed by atoms with Crippen molar-refractivity contribution in [2.75, 3.05) is 18.5 Å². The lowest BCUT2D eigenvalue weighted by atomic mass is 9.85. The molecule has 1 saturated heterocycles. The molecular formula is C12H13ClN2O5. The maximum absolute atomic E-state index is 11.3. The largest absolute Gasteiger partial charge is 0.481 e. The van der Waals surface area contributed by atoms with Gasteiger partial charge in [0.1, 0.15) is 11.1 Å². The standard InChI is InChI=1S/C12H13ClN2O5/c1-12(11(16)17)6-20-5-10(12)14-8-4-7(13)2-3-9(8)15(18)19/h2-4,10,14H,5-6H2,1H3,(H,16,17). The number of carboxylic acids is 1. The summed E-state index contributed by atoms with van der Waals surface area (Å²) in [6.07, 6.45) is 0. The van der Waals surface area contributed by atoms with Crippen molar-refractivity contribution in [3.63, 3.8) is 0 Å². The van der Waals surface area contributed by atoms with Crippen LogP contribution in [-0.2, 0) is 9.53 Å². The van der Waals surface area contributed by atoms with Crippen LogP contribution in [0.1, 0.15) is 6.92 Å². The highest BCUT2D eigenvalue weighted by molar-refractivity contribution is 6.31. The molecule has 1 aromatic carbocycles. The number of nitrogens with zero attached hydrogens (tertiary/aromatic N) is 1. The number of halogens is 1. The zero-order valence-corrected chi connectivity index (χ0v) is 11.4. The summed E-state index contributed by atoms with van der Waals surface area (Å²) in [5.41, 5.74) is -1.12. The zero-order valence-electron chi connectivity index (χ0n) is 10.6. The SMILES string of the molecule is CC1(C(=O)O)COCC1Nc1cc(Cl)ccc1[N+](=O)[O-]. The smallest absolute Gasteiger partial charge is 0.313 e. The Balaban J connectivity index is 2.32. The van der Waals surface area contributed by atoms with Gasteiger partial charge in [0.05, 0.1) is 24.2 Å². The number of rotatable bonds is 4. The fourth-order valence-electron chi connectivity index (χ4n) is 2.06. The molecule has 2 unspecified atom stereocenters. The Morgan fingerprint density at radius 2 is 2.35 bits per heavy atom. The van der Waals surface area contributed by atoms with Crippen molar-refractivity contribution >= 4 is 28.9 Å². The molecule has 20 heavy (non-hydrogen) atoms. The Morgan fingerprint density at radius 3 is 2.95 bits per heavy atom. The molecule has 2 N–H and O–H groups in total. The second kappa shape index (κ2) is 5.26. The molecule has 1 aliphatic heterocycles. The van der Waals surface area contributed by atoms with Crippen LogP contribution in [0.2, 0.25) is 5.02 Å². The van der Waals surface area contributed by atoms with E-state index in [0.717, 1.165) is 0 Å². The van der Waals surface area contributed by atoms with Crippen molar-refractivity contribution < 1.29 is 19.6 Å². The minimum Gasteiger partial charge on any atom is -0.481 e. The van der Waals surface area contributed by atoms with Gasteiger partial charge in [-0.25, -0.2) is 0 Å². The molecule has 1 aliphatic rings. The van der Waals surface area contributed by atoms with Gasteiger partial charge in [0.2, 0.25) is 0 Å². The lowest BCUT2D eigenvalue weighted by molar-refractivity contribution is -0.384. The van der Waals surface area contributed by atoms with E-state index in [4.69, 9.17) is 16.3 Å². The van der Waals surface area contributed by atoms with Crippen LogP contribution in [0.5, 0.6) is 0 Å². The predicted octanol–water partition coefficient (Wildman–Crippen LogP) is 2.15. The summed E-state index contributed by atoms with van der Waals surface area (Å²) < 4.78 is 5.19. The number of ether oxygens (including phenoxy) is 1. The summed E-state index contributed by atoms with van der Waals surface area (Å²) in [5, 5.41) is 23.5. The van der Waals surface area contributed by atoms with E-state index in [1.54, 1.807) is 0 Å². The Hall–Kier alpha value is -1.86. The quantitative estimate of drug-likeness (QED) is 0.652. The number of benzene rings is 1. The summed E-state index contributed by atoms with van der Waals surface area (Å²) in [7, 11) is 0. The Bertz CT molecular complexity index is 565. The lowest BCUT2D eigenvalue weighted by Crippen LogP contribution is -2.43. The van der Waals surface area contributed by atoms with Crippen molar-refractivity contribution in [2.24, 2.45) is 5.41 Å². The monoisotopic (exact) mass is 300 g/mol. The second-order valence-electron chi connectivity index (χ2n) is 4.85.